The molecule has 0 bridgehead atoms. The van der Waals surface area contributed by atoms with E-state index in [2.05, 4.69) is 6.58 Å². The normalized spacial score (nSPS) is 13.5. The molecule has 18 heavy (non-hydrogen) atoms. The first kappa shape index (κ1) is 14.3. The van der Waals surface area contributed by atoms with Crippen molar-refractivity contribution in [3.05, 3.63) is 42.5 Å². The molecular formula is C15H20O3. The minimum atomic E-state index is -0.732. The molecule has 3 heteroatoms. The van der Waals surface area contributed by atoms with Crippen LogP contribution in [0.4, 0.5) is 0 Å². The van der Waals surface area contributed by atoms with Crippen molar-refractivity contribution in [1.29, 1.82) is 0 Å². The van der Waals surface area contributed by atoms with E-state index in [0.29, 0.717) is 13.0 Å². The summed E-state index contributed by atoms with van der Waals surface area (Å²) in [6.45, 7) is 7.74. The zero-order chi connectivity index (χ0) is 13.6. The van der Waals surface area contributed by atoms with E-state index in [0.717, 1.165) is 11.3 Å². The molecule has 98 valence electrons. The summed E-state index contributed by atoms with van der Waals surface area (Å²) >= 11 is 0. The van der Waals surface area contributed by atoms with Crippen molar-refractivity contribution in [3.8, 4) is 5.75 Å². The number of rotatable bonds is 6. The van der Waals surface area contributed by atoms with Crippen LogP contribution >= 0.6 is 0 Å². The van der Waals surface area contributed by atoms with Crippen molar-refractivity contribution < 1.29 is 14.3 Å². The minimum absolute atomic E-state index is 0.258. The summed E-state index contributed by atoms with van der Waals surface area (Å²) in [7, 11) is 1.62. The van der Waals surface area contributed by atoms with Crippen LogP contribution < -0.4 is 4.74 Å². The highest BCUT2D eigenvalue weighted by atomic mass is 16.5. The quantitative estimate of drug-likeness (QED) is 0.573. The molecule has 3 nitrogen and oxygen atoms in total. The van der Waals surface area contributed by atoms with Gasteiger partial charge in [0.15, 0.2) is 0 Å². The number of para-hydroxylation sites is 1. The zero-order valence-corrected chi connectivity index (χ0v) is 11.2. The van der Waals surface area contributed by atoms with E-state index in [-0.39, 0.29) is 5.97 Å². The number of benzene rings is 1. The zero-order valence-electron chi connectivity index (χ0n) is 11.2. The van der Waals surface area contributed by atoms with Gasteiger partial charge in [-0.05, 0) is 31.9 Å². The summed E-state index contributed by atoms with van der Waals surface area (Å²) < 4.78 is 10.4. The maximum absolute atomic E-state index is 12.0. The molecule has 1 unspecified atom stereocenters. The van der Waals surface area contributed by atoms with Gasteiger partial charge in [0.2, 0.25) is 0 Å². The Morgan fingerprint density at radius 1 is 1.44 bits per heavy atom. The molecule has 0 aliphatic rings. The number of carbonyl (C=O) groups excluding carboxylic acids is 1. The number of ether oxygens (including phenoxy) is 2. The van der Waals surface area contributed by atoms with Crippen LogP contribution in [0.1, 0.15) is 19.4 Å². The lowest BCUT2D eigenvalue weighted by atomic mass is 9.83. The summed E-state index contributed by atoms with van der Waals surface area (Å²) in [5.41, 5.74) is 0.237. The van der Waals surface area contributed by atoms with Crippen molar-refractivity contribution >= 4 is 5.97 Å². The van der Waals surface area contributed by atoms with Crippen LogP contribution in [0.25, 0.3) is 0 Å². The smallest absolute Gasteiger partial charge is 0.315 e. The van der Waals surface area contributed by atoms with E-state index in [1.165, 1.54) is 0 Å². The Morgan fingerprint density at radius 2 is 2.11 bits per heavy atom. The van der Waals surface area contributed by atoms with Crippen LogP contribution in [0, 0.1) is 5.41 Å². The van der Waals surface area contributed by atoms with Crippen molar-refractivity contribution in [1.82, 2.24) is 0 Å². The van der Waals surface area contributed by atoms with Crippen LogP contribution in [-0.4, -0.2) is 19.7 Å². The fourth-order valence-electron chi connectivity index (χ4n) is 1.77. The summed E-state index contributed by atoms with van der Waals surface area (Å²) in [4.78, 5) is 12.0. The monoisotopic (exact) mass is 248 g/mol. The molecule has 0 amide bonds. The second-order valence-electron chi connectivity index (χ2n) is 4.33. The molecule has 0 aliphatic heterocycles. The third kappa shape index (κ3) is 3.13. The lowest BCUT2D eigenvalue weighted by molar-refractivity contribution is -0.151. The topological polar surface area (TPSA) is 35.5 Å². The summed E-state index contributed by atoms with van der Waals surface area (Å²) in [5, 5.41) is 0. The second kappa shape index (κ2) is 6.24. The molecule has 0 N–H and O–H groups in total. The van der Waals surface area contributed by atoms with Crippen LogP contribution in [0.5, 0.6) is 5.75 Å². The highest BCUT2D eigenvalue weighted by molar-refractivity contribution is 5.79. The first-order valence-corrected chi connectivity index (χ1v) is 6.00. The lowest BCUT2D eigenvalue weighted by Crippen LogP contribution is -2.30. The molecule has 1 atom stereocenters. The number of methoxy groups -OCH3 is 1. The van der Waals surface area contributed by atoms with Gasteiger partial charge in [-0.1, -0.05) is 24.3 Å². The van der Waals surface area contributed by atoms with Gasteiger partial charge in [0.25, 0.3) is 0 Å². The Balaban J connectivity index is 2.98. The fourth-order valence-corrected chi connectivity index (χ4v) is 1.77. The van der Waals surface area contributed by atoms with Crippen LogP contribution in [0.3, 0.4) is 0 Å². The van der Waals surface area contributed by atoms with Crippen LogP contribution in [0.2, 0.25) is 0 Å². The largest absolute Gasteiger partial charge is 0.496 e. The average molecular weight is 248 g/mol. The molecule has 1 aromatic carbocycles. The lowest BCUT2D eigenvalue weighted by Gasteiger charge is -2.24. The molecule has 0 radical (unpaired) electrons. The molecule has 0 aliphatic carbocycles. The molecule has 0 fully saturated rings. The van der Waals surface area contributed by atoms with Gasteiger partial charge in [-0.15, -0.1) is 6.58 Å². The van der Waals surface area contributed by atoms with E-state index < -0.39 is 5.41 Å². The molecule has 0 spiro atoms. The van der Waals surface area contributed by atoms with E-state index in [9.17, 15) is 4.79 Å². The van der Waals surface area contributed by atoms with Gasteiger partial charge in [0.05, 0.1) is 19.1 Å². The third-order valence-electron chi connectivity index (χ3n) is 2.94. The number of carbonyl (C=O) groups is 1. The number of esters is 1. The van der Waals surface area contributed by atoms with Crippen LogP contribution in [-0.2, 0) is 16.0 Å². The van der Waals surface area contributed by atoms with E-state index >= 15 is 0 Å². The Hall–Kier alpha value is -1.77. The maximum Gasteiger partial charge on any atom is 0.315 e. The highest BCUT2D eigenvalue weighted by Gasteiger charge is 2.32. The van der Waals surface area contributed by atoms with Crippen molar-refractivity contribution in [3.63, 3.8) is 0 Å². The minimum Gasteiger partial charge on any atom is -0.496 e. The van der Waals surface area contributed by atoms with Crippen molar-refractivity contribution in [2.75, 3.05) is 13.7 Å². The molecule has 0 heterocycles. The SMILES string of the molecule is C=CC(C)(Cc1ccccc1OC)C(=O)OCC. The van der Waals surface area contributed by atoms with Gasteiger partial charge in [-0.3, -0.25) is 4.79 Å². The van der Waals surface area contributed by atoms with Gasteiger partial charge in [-0.25, -0.2) is 0 Å². The summed E-state index contributed by atoms with van der Waals surface area (Å²) in [6, 6.07) is 7.65. The predicted molar refractivity (Wildman–Crippen MR) is 71.6 cm³/mol. The highest BCUT2D eigenvalue weighted by Crippen LogP contribution is 2.30. The standard InChI is InChI=1S/C15H20O3/c1-5-15(3,14(16)18-6-2)11-12-9-7-8-10-13(12)17-4/h5,7-10H,1,6,11H2,2-4H3. The Labute approximate surface area is 108 Å². The van der Waals surface area contributed by atoms with Gasteiger partial charge >= 0.3 is 5.97 Å². The predicted octanol–water partition coefficient (Wildman–Crippen LogP) is 2.99. The molecule has 1 rings (SSSR count). The van der Waals surface area contributed by atoms with Gasteiger partial charge < -0.3 is 9.47 Å². The molecule has 0 aromatic heterocycles. The van der Waals surface area contributed by atoms with Gasteiger partial charge in [0, 0.05) is 0 Å². The maximum atomic E-state index is 12.0. The summed E-state index contributed by atoms with van der Waals surface area (Å²) in [6.07, 6.45) is 2.15. The van der Waals surface area contributed by atoms with E-state index in [4.69, 9.17) is 9.47 Å². The first-order valence-electron chi connectivity index (χ1n) is 6.00. The second-order valence-corrected chi connectivity index (χ2v) is 4.33. The van der Waals surface area contributed by atoms with E-state index in [1.54, 1.807) is 20.1 Å². The Morgan fingerprint density at radius 3 is 2.67 bits per heavy atom. The molecule has 0 saturated heterocycles. The van der Waals surface area contributed by atoms with Crippen LogP contribution in [0.15, 0.2) is 36.9 Å². The molecular weight excluding hydrogens is 228 g/mol. The average Bonchev–Trinajstić information content (AvgIpc) is 2.39. The number of hydrogen-bond acceptors (Lipinski definition) is 3. The molecule has 0 saturated carbocycles. The fraction of sp³-hybridized carbons (Fsp3) is 0.400. The third-order valence-corrected chi connectivity index (χ3v) is 2.94. The van der Waals surface area contributed by atoms with Crippen molar-refractivity contribution in [2.24, 2.45) is 5.41 Å². The van der Waals surface area contributed by atoms with Gasteiger partial charge in [-0.2, -0.15) is 0 Å². The summed E-state index contributed by atoms with van der Waals surface area (Å²) in [5.74, 6) is 0.515. The van der Waals surface area contributed by atoms with Crippen molar-refractivity contribution in [2.45, 2.75) is 20.3 Å². The van der Waals surface area contributed by atoms with E-state index in [1.807, 2.05) is 31.2 Å². The molecule has 1 aromatic rings. The number of hydrogen-bond donors (Lipinski definition) is 0. The van der Waals surface area contributed by atoms with Gasteiger partial charge in [0.1, 0.15) is 5.75 Å². The first-order chi connectivity index (χ1) is 8.57. The Kier molecular flexibility index (Phi) is 4.95. The Bertz CT molecular complexity index is 426.